The Morgan fingerprint density at radius 2 is 1.95 bits per heavy atom. The van der Waals surface area contributed by atoms with E-state index in [0.717, 1.165) is 12.8 Å². The Kier molecular flexibility index (Phi) is 6.52. The van der Waals surface area contributed by atoms with E-state index in [2.05, 4.69) is 24.5 Å². The number of benzene rings is 1. The van der Waals surface area contributed by atoms with E-state index >= 15 is 0 Å². The van der Waals surface area contributed by atoms with E-state index in [1.54, 1.807) is 6.07 Å². The number of aromatic carboxylic acids is 1. The van der Waals surface area contributed by atoms with Gasteiger partial charge in [-0.1, -0.05) is 26.7 Å². The summed E-state index contributed by atoms with van der Waals surface area (Å²) in [6.07, 6.45) is 1.97. The summed E-state index contributed by atoms with van der Waals surface area (Å²) in [7, 11) is 1.45. The number of carbonyl (C=O) groups is 2. The molecule has 6 heteroatoms. The number of hydrogen-bond acceptors (Lipinski definition) is 3. The van der Waals surface area contributed by atoms with Gasteiger partial charge in [-0.15, -0.1) is 0 Å². The molecule has 0 aromatic heterocycles. The minimum absolute atomic E-state index is 0.00738. The average molecular weight is 294 g/mol. The number of anilines is 1. The minimum atomic E-state index is -1.12. The summed E-state index contributed by atoms with van der Waals surface area (Å²) < 4.78 is 4.98. The molecule has 3 N–H and O–H groups in total. The summed E-state index contributed by atoms with van der Waals surface area (Å²) in [5, 5.41) is 14.5. The number of ether oxygens (including phenoxy) is 1. The highest BCUT2D eigenvalue weighted by atomic mass is 16.5. The molecule has 1 rings (SSSR count). The zero-order valence-electron chi connectivity index (χ0n) is 12.6. The van der Waals surface area contributed by atoms with Gasteiger partial charge >= 0.3 is 12.0 Å². The maximum absolute atomic E-state index is 11.8. The zero-order valence-corrected chi connectivity index (χ0v) is 12.6. The molecule has 0 unspecified atom stereocenters. The van der Waals surface area contributed by atoms with Crippen molar-refractivity contribution in [3.63, 3.8) is 0 Å². The summed E-state index contributed by atoms with van der Waals surface area (Å²) in [5.74, 6) is -0.273. The predicted molar refractivity (Wildman–Crippen MR) is 81.0 cm³/mol. The van der Waals surface area contributed by atoms with Gasteiger partial charge in [0.15, 0.2) is 0 Å². The van der Waals surface area contributed by atoms with Crippen molar-refractivity contribution in [2.24, 2.45) is 5.92 Å². The smallest absolute Gasteiger partial charge is 0.337 e. The van der Waals surface area contributed by atoms with Crippen LogP contribution in [0, 0.1) is 5.92 Å². The first-order chi connectivity index (χ1) is 10.0. The summed E-state index contributed by atoms with van der Waals surface area (Å²) in [6, 6.07) is 4.08. The third kappa shape index (κ3) is 4.98. The molecule has 0 fully saturated rings. The molecule has 0 spiro atoms. The van der Waals surface area contributed by atoms with Crippen LogP contribution in [0.15, 0.2) is 18.2 Å². The van der Waals surface area contributed by atoms with Crippen LogP contribution in [0.2, 0.25) is 0 Å². The molecule has 0 bridgehead atoms. The molecule has 0 aliphatic rings. The Hall–Kier alpha value is -2.24. The number of hydrogen-bond donors (Lipinski definition) is 3. The zero-order chi connectivity index (χ0) is 15.8. The first-order valence-corrected chi connectivity index (χ1v) is 6.97. The standard InChI is InChI=1S/C15H22N2O4/c1-4-10(5-2)9-16-15(20)17-13-7-6-11(21-3)8-12(13)14(18)19/h6-8,10H,4-5,9H2,1-3H3,(H,18,19)(H2,16,17,20). The van der Waals surface area contributed by atoms with Crippen molar-refractivity contribution in [3.8, 4) is 5.75 Å². The normalized spacial score (nSPS) is 10.3. The molecule has 6 nitrogen and oxygen atoms in total. The highest BCUT2D eigenvalue weighted by molar-refractivity contribution is 6.00. The number of methoxy groups -OCH3 is 1. The van der Waals surface area contributed by atoms with E-state index in [4.69, 9.17) is 9.84 Å². The van der Waals surface area contributed by atoms with Crippen molar-refractivity contribution in [3.05, 3.63) is 23.8 Å². The number of rotatable bonds is 7. The Labute approximate surface area is 124 Å². The van der Waals surface area contributed by atoms with Gasteiger partial charge in [-0.2, -0.15) is 0 Å². The van der Waals surface area contributed by atoms with Crippen LogP contribution in [-0.2, 0) is 0 Å². The first-order valence-electron chi connectivity index (χ1n) is 6.97. The third-order valence-corrected chi connectivity index (χ3v) is 3.41. The van der Waals surface area contributed by atoms with Crippen LogP contribution >= 0.6 is 0 Å². The van der Waals surface area contributed by atoms with Crippen molar-refractivity contribution in [1.82, 2.24) is 5.32 Å². The van der Waals surface area contributed by atoms with Gasteiger partial charge in [0.2, 0.25) is 0 Å². The molecular formula is C15H22N2O4. The van der Waals surface area contributed by atoms with E-state index in [1.807, 2.05) is 0 Å². The van der Waals surface area contributed by atoms with E-state index in [0.29, 0.717) is 18.2 Å². The first kappa shape index (κ1) is 16.8. The molecule has 0 saturated heterocycles. The molecule has 0 heterocycles. The fourth-order valence-corrected chi connectivity index (χ4v) is 1.92. The minimum Gasteiger partial charge on any atom is -0.497 e. The van der Waals surface area contributed by atoms with E-state index in [9.17, 15) is 9.59 Å². The Morgan fingerprint density at radius 3 is 2.48 bits per heavy atom. The monoisotopic (exact) mass is 294 g/mol. The van der Waals surface area contributed by atoms with Gasteiger partial charge in [0, 0.05) is 6.54 Å². The molecule has 2 amide bonds. The second-order valence-corrected chi connectivity index (χ2v) is 4.73. The lowest BCUT2D eigenvalue weighted by Gasteiger charge is -2.15. The molecule has 0 aliphatic heterocycles. The predicted octanol–water partition coefficient (Wildman–Crippen LogP) is 2.95. The highest BCUT2D eigenvalue weighted by Gasteiger charge is 2.14. The number of urea groups is 1. The van der Waals surface area contributed by atoms with Gasteiger partial charge in [0.05, 0.1) is 18.4 Å². The maximum Gasteiger partial charge on any atom is 0.337 e. The summed E-state index contributed by atoms with van der Waals surface area (Å²) in [4.78, 5) is 23.0. The van der Waals surface area contributed by atoms with Gasteiger partial charge in [-0.25, -0.2) is 9.59 Å². The fourth-order valence-electron chi connectivity index (χ4n) is 1.92. The van der Waals surface area contributed by atoms with Crippen LogP contribution in [0.3, 0.4) is 0 Å². The number of amides is 2. The molecule has 0 aliphatic carbocycles. The van der Waals surface area contributed by atoms with Gasteiger partial charge < -0.3 is 20.5 Å². The molecule has 0 radical (unpaired) electrons. The van der Waals surface area contributed by atoms with E-state index in [1.165, 1.54) is 19.2 Å². The van der Waals surface area contributed by atoms with Crippen molar-refractivity contribution < 1.29 is 19.4 Å². The van der Waals surface area contributed by atoms with Crippen molar-refractivity contribution in [1.29, 1.82) is 0 Å². The second-order valence-electron chi connectivity index (χ2n) is 4.73. The molecule has 21 heavy (non-hydrogen) atoms. The van der Waals surface area contributed by atoms with Gasteiger partial charge in [0.1, 0.15) is 5.75 Å². The Balaban J connectivity index is 2.73. The highest BCUT2D eigenvalue weighted by Crippen LogP contribution is 2.22. The van der Waals surface area contributed by atoms with Crippen LogP contribution in [-0.4, -0.2) is 30.8 Å². The lowest BCUT2D eigenvalue weighted by Crippen LogP contribution is -2.33. The van der Waals surface area contributed by atoms with Gasteiger partial charge in [0.25, 0.3) is 0 Å². The van der Waals surface area contributed by atoms with Crippen molar-refractivity contribution >= 4 is 17.7 Å². The fraction of sp³-hybridized carbons (Fsp3) is 0.467. The van der Waals surface area contributed by atoms with E-state index < -0.39 is 12.0 Å². The molecular weight excluding hydrogens is 272 g/mol. The number of carbonyl (C=O) groups excluding carboxylic acids is 1. The molecule has 1 aromatic carbocycles. The second kappa shape index (κ2) is 8.14. The summed E-state index contributed by atoms with van der Waals surface area (Å²) in [6.45, 7) is 4.71. The molecule has 0 atom stereocenters. The Morgan fingerprint density at radius 1 is 1.29 bits per heavy atom. The maximum atomic E-state index is 11.8. The summed E-state index contributed by atoms with van der Waals surface area (Å²) in [5.41, 5.74) is 0.234. The SMILES string of the molecule is CCC(CC)CNC(=O)Nc1ccc(OC)cc1C(=O)O. The number of carboxylic acids is 1. The Bertz CT molecular complexity index is 498. The number of carboxylic acid groups (broad SMARTS) is 1. The van der Waals surface area contributed by atoms with Crippen molar-refractivity contribution in [2.45, 2.75) is 26.7 Å². The molecule has 116 valence electrons. The lowest BCUT2D eigenvalue weighted by molar-refractivity contribution is 0.0697. The van der Waals surface area contributed by atoms with E-state index in [-0.39, 0.29) is 11.3 Å². The van der Waals surface area contributed by atoms with Crippen LogP contribution in [0.25, 0.3) is 0 Å². The van der Waals surface area contributed by atoms with Crippen LogP contribution in [0.5, 0.6) is 5.75 Å². The molecule has 1 aromatic rings. The topological polar surface area (TPSA) is 87.7 Å². The average Bonchev–Trinajstić information content (AvgIpc) is 2.48. The van der Waals surface area contributed by atoms with Crippen molar-refractivity contribution in [2.75, 3.05) is 19.0 Å². The van der Waals surface area contributed by atoms with Gasteiger partial charge in [-0.3, -0.25) is 0 Å². The molecule has 0 saturated carbocycles. The quantitative estimate of drug-likeness (QED) is 0.721. The van der Waals surface area contributed by atoms with Crippen LogP contribution in [0.4, 0.5) is 10.5 Å². The third-order valence-electron chi connectivity index (χ3n) is 3.41. The van der Waals surface area contributed by atoms with Crippen LogP contribution in [0.1, 0.15) is 37.0 Å². The number of nitrogens with one attached hydrogen (secondary N) is 2. The lowest BCUT2D eigenvalue weighted by atomic mass is 10.0. The van der Waals surface area contributed by atoms with Crippen LogP contribution < -0.4 is 15.4 Å². The van der Waals surface area contributed by atoms with Gasteiger partial charge in [-0.05, 0) is 24.1 Å². The summed E-state index contributed by atoms with van der Waals surface area (Å²) >= 11 is 0. The largest absolute Gasteiger partial charge is 0.497 e.